The fraction of sp³-hybridized carbons (Fsp3) is 0.458. The quantitative estimate of drug-likeness (QED) is 0.359. The molecule has 6 heteroatoms. The van der Waals surface area contributed by atoms with Crippen LogP contribution in [-0.2, 0) is 22.4 Å². The average Bonchev–Trinajstić information content (AvgIpc) is 2.77. The lowest BCUT2D eigenvalue weighted by molar-refractivity contribution is -0.128. The van der Waals surface area contributed by atoms with Gasteiger partial charge in [-0.25, -0.2) is 9.57 Å². The summed E-state index contributed by atoms with van der Waals surface area (Å²) in [6.07, 6.45) is 5.30. The van der Waals surface area contributed by atoms with Gasteiger partial charge in [0.15, 0.2) is 11.5 Å². The van der Waals surface area contributed by atoms with Crippen molar-refractivity contribution < 1.29 is 14.3 Å². The maximum Gasteiger partial charge on any atom is 0.293 e. The van der Waals surface area contributed by atoms with Crippen molar-refractivity contribution in [1.82, 2.24) is 4.58 Å². The van der Waals surface area contributed by atoms with E-state index in [4.69, 9.17) is 14.5 Å². The third-order valence-electron chi connectivity index (χ3n) is 6.35. The molecule has 5 rings (SSSR count). The van der Waals surface area contributed by atoms with Crippen molar-refractivity contribution in [1.29, 1.82) is 0 Å². The summed E-state index contributed by atoms with van der Waals surface area (Å²) in [4.78, 5) is 17.8. The largest absolute Gasteiger partial charge is 0.468 e. The molecule has 2 aromatic carbocycles. The second kappa shape index (κ2) is 8.09. The Balaban J connectivity index is 1.54. The van der Waals surface area contributed by atoms with E-state index in [1.54, 1.807) is 0 Å². The molecule has 0 saturated carbocycles. The number of anilines is 1. The zero-order chi connectivity index (χ0) is 20.5. The Morgan fingerprint density at radius 2 is 2.07 bits per heavy atom. The van der Waals surface area contributed by atoms with E-state index >= 15 is 0 Å². The average molecular weight is 407 g/mol. The summed E-state index contributed by atoms with van der Waals surface area (Å²) in [6, 6.07) is 8.73. The lowest BCUT2D eigenvalue weighted by Gasteiger charge is -2.31. The van der Waals surface area contributed by atoms with Crippen molar-refractivity contribution in [2.45, 2.75) is 39.0 Å². The Labute approximate surface area is 176 Å². The summed E-state index contributed by atoms with van der Waals surface area (Å²) < 4.78 is 13.6. The van der Waals surface area contributed by atoms with Crippen LogP contribution in [-0.4, -0.2) is 39.3 Å². The highest BCUT2D eigenvalue weighted by Crippen LogP contribution is 2.41. The van der Waals surface area contributed by atoms with Crippen molar-refractivity contribution >= 4 is 17.8 Å². The van der Waals surface area contributed by atoms with Crippen molar-refractivity contribution in [3.8, 4) is 11.5 Å². The van der Waals surface area contributed by atoms with Crippen LogP contribution in [0.1, 0.15) is 37.3 Å². The number of benzene rings is 2. The highest BCUT2D eigenvalue weighted by molar-refractivity contribution is 5.69. The molecule has 0 aromatic heterocycles. The molecule has 0 bridgehead atoms. The van der Waals surface area contributed by atoms with Gasteiger partial charge in [-0.05, 0) is 43.9 Å². The normalized spacial score (nSPS) is 16.4. The second-order valence-electron chi connectivity index (χ2n) is 8.21. The van der Waals surface area contributed by atoms with Gasteiger partial charge in [0.1, 0.15) is 24.1 Å². The molecule has 2 aromatic rings. The minimum atomic E-state index is 0.457. The maximum absolute atomic E-state index is 10.4. The molecule has 3 aliphatic rings. The van der Waals surface area contributed by atoms with Crippen LogP contribution in [0.4, 0.5) is 11.4 Å². The summed E-state index contributed by atoms with van der Waals surface area (Å²) in [7, 11) is 0. The molecule has 0 radical (unpaired) electrons. The van der Waals surface area contributed by atoms with E-state index < -0.39 is 0 Å². The van der Waals surface area contributed by atoms with Crippen LogP contribution in [0.15, 0.2) is 29.3 Å². The van der Waals surface area contributed by atoms with Gasteiger partial charge in [-0.1, -0.05) is 0 Å². The van der Waals surface area contributed by atoms with Crippen LogP contribution in [0.5, 0.6) is 11.5 Å². The highest BCUT2D eigenvalue weighted by atomic mass is 16.5. The Morgan fingerprint density at radius 3 is 2.93 bits per heavy atom. The number of hydrogen-bond acceptors (Lipinski definition) is 5. The van der Waals surface area contributed by atoms with Crippen LogP contribution in [0.3, 0.4) is 0 Å². The van der Waals surface area contributed by atoms with Crippen LogP contribution < -0.4 is 24.9 Å². The fourth-order valence-electron chi connectivity index (χ4n) is 4.89. The van der Waals surface area contributed by atoms with Crippen LogP contribution in [0.25, 0.3) is 0 Å². The molecule has 30 heavy (non-hydrogen) atoms. The minimum absolute atomic E-state index is 0.457. The van der Waals surface area contributed by atoms with E-state index in [1.807, 2.05) is 0 Å². The predicted molar refractivity (Wildman–Crippen MR) is 116 cm³/mol. The predicted octanol–water partition coefficient (Wildman–Crippen LogP) is 2.52. The minimum Gasteiger partial charge on any atom is -0.468 e. The molecule has 0 fully saturated rings. The smallest absolute Gasteiger partial charge is 0.293 e. The van der Waals surface area contributed by atoms with Gasteiger partial charge in [-0.3, -0.25) is 4.79 Å². The summed E-state index contributed by atoms with van der Waals surface area (Å²) in [5, 5.41) is 2.15. The van der Waals surface area contributed by atoms with Gasteiger partial charge in [-0.15, -0.1) is 0 Å². The van der Waals surface area contributed by atoms with Gasteiger partial charge in [0.25, 0.3) is 6.47 Å². The standard InChI is InChI=1S/C24H28N3O3/c1-2-26-8-3-6-17-12-19-23(14-21(17)26)30-24-15-22-18(13-20(24)25-19)7-4-9-27(22)10-5-11-29-16-28/h12-16H,2-11H2,1H3/q+1. The van der Waals surface area contributed by atoms with Crippen molar-refractivity contribution in [3.63, 3.8) is 0 Å². The van der Waals surface area contributed by atoms with Crippen LogP contribution >= 0.6 is 0 Å². The second-order valence-corrected chi connectivity index (χ2v) is 8.21. The number of carbonyl (C=O) groups is 1. The number of aryl methyl sites for hydroxylation is 2. The van der Waals surface area contributed by atoms with E-state index in [0.717, 1.165) is 74.4 Å². The Kier molecular flexibility index (Phi) is 5.15. The molecule has 0 atom stereocenters. The van der Waals surface area contributed by atoms with Crippen LogP contribution in [0.2, 0.25) is 0 Å². The summed E-state index contributed by atoms with van der Waals surface area (Å²) in [6.45, 7) is 7.17. The summed E-state index contributed by atoms with van der Waals surface area (Å²) in [5.41, 5.74) is 4.93. The highest BCUT2D eigenvalue weighted by Gasteiger charge is 2.24. The van der Waals surface area contributed by atoms with Gasteiger partial charge in [0.05, 0.1) is 12.7 Å². The molecule has 0 spiro atoms. The number of ether oxygens (including phenoxy) is 2. The molecular formula is C24H28N3O3+. The topological polar surface area (TPSA) is 54.1 Å². The lowest BCUT2D eigenvalue weighted by atomic mass is 10.00. The Bertz CT molecular complexity index is 1110. The monoisotopic (exact) mass is 406 g/mol. The molecule has 0 unspecified atom stereocenters. The number of hydrogen-bond donors (Lipinski definition) is 0. The summed E-state index contributed by atoms with van der Waals surface area (Å²) >= 11 is 0. The molecule has 0 aliphatic carbocycles. The first-order valence-electron chi connectivity index (χ1n) is 11.1. The van der Waals surface area contributed by atoms with Gasteiger partial charge < -0.3 is 14.4 Å². The molecule has 0 saturated heterocycles. The van der Waals surface area contributed by atoms with Gasteiger partial charge in [0.2, 0.25) is 5.36 Å². The molecule has 3 heterocycles. The van der Waals surface area contributed by atoms with Gasteiger partial charge in [0, 0.05) is 43.2 Å². The third kappa shape index (κ3) is 3.44. The van der Waals surface area contributed by atoms with E-state index in [9.17, 15) is 4.79 Å². The van der Waals surface area contributed by atoms with E-state index in [2.05, 4.69) is 40.7 Å². The SMILES string of the molecule is CCN1CCCc2cc3c(cc21)Oc1cc2c(cc1=N3)CCC[N+]=2CCCOC=O. The summed E-state index contributed by atoms with van der Waals surface area (Å²) in [5.74, 6) is 1.68. The Hall–Kier alpha value is -2.89. The first-order valence-corrected chi connectivity index (χ1v) is 11.1. The number of rotatable bonds is 6. The van der Waals surface area contributed by atoms with E-state index in [0.29, 0.717) is 13.1 Å². The number of nitrogens with zero attached hydrogens (tertiary/aromatic N) is 3. The molecular weight excluding hydrogens is 378 g/mol. The molecule has 6 nitrogen and oxygen atoms in total. The molecule has 3 aliphatic heterocycles. The zero-order valence-electron chi connectivity index (χ0n) is 17.5. The Morgan fingerprint density at radius 1 is 1.17 bits per heavy atom. The van der Waals surface area contributed by atoms with Gasteiger partial charge in [-0.2, -0.15) is 0 Å². The lowest BCUT2D eigenvalue weighted by Crippen LogP contribution is -2.39. The van der Waals surface area contributed by atoms with Crippen molar-refractivity contribution in [3.05, 3.63) is 46.1 Å². The fourth-order valence-corrected chi connectivity index (χ4v) is 4.89. The number of carbonyl (C=O) groups excluding carboxylic acids is 1. The first kappa shape index (κ1) is 19.1. The van der Waals surface area contributed by atoms with E-state index in [-0.39, 0.29) is 0 Å². The zero-order valence-corrected chi connectivity index (χ0v) is 17.5. The molecule has 0 amide bonds. The van der Waals surface area contributed by atoms with Crippen molar-refractivity contribution in [2.75, 3.05) is 37.7 Å². The van der Waals surface area contributed by atoms with Crippen LogP contribution in [0, 0.1) is 0 Å². The third-order valence-corrected chi connectivity index (χ3v) is 6.35. The van der Waals surface area contributed by atoms with Crippen molar-refractivity contribution in [2.24, 2.45) is 4.99 Å². The maximum atomic E-state index is 10.4. The van der Waals surface area contributed by atoms with Gasteiger partial charge >= 0.3 is 0 Å². The number of fused-ring (bicyclic) bond motifs is 4. The molecule has 0 N–H and O–H groups in total. The first-order chi connectivity index (χ1) is 14.8. The molecule has 156 valence electrons. The van der Waals surface area contributed by atoms with E-state index in [1.165, 1.54) is 28.6 Å².